The van der Waals surface area contributed by atoms with E-state index in [9.17, 15) is 4.79 Å². The minimum Gasteiger partial charge on any atom is -0.464 e. The first-order valence-electron chi connectivity index (χ1n) is 7.25. The molecule has 0 aliphatic rings. The normalized spacial score (nSPS) is 11.0. The van der Waals surface area contributed by atoms with Crippen LogP contribution in [0.1, 0.15) is 22.5 Å². The number of imidazole rings is 1. The van der Waals surface area contributed by atoms with E-state index >= 15 is 0 Å². The fourth-order valence-corrected chi connectivity index (χ4v) is 2.51. The van der Waals surface area contributed by atoms with Crippen LogP contribution in [0.25, 0.3) is 11.0 Å². The lowest BCUT2D eigenvalue weighted by molar-refractivity contribution is -0.120. The van der Waals surface area contributed by atoms with Gasteiger partial charge in [-0.2, -0.15) is 0 Å². The Morgan fingerprint density at radius 1 is 1.36 bits per heavy atom. The number of furan rings is 1. The predicted octanol–water partition coefficient (Wildman–Crippen LogP) is 2.64. The van der Waals surface area contributed by atoms with Crippen molar-refractivity contribution in [3.8, 4) is 0 Å². The minimum absolute atomic E-state index is 0.0380. The molecule has 5 heteroatoms. The van der Waals surface area contributed by atoms with Crippen LogP contribution in [0.3, 0.4) is 0 Å². The molecular weight excluding hydrogens is 278 g/mol. The number of fused-ring (bicyclic) bond motifs is 1. The van der Waals surface area contributed by atoms with Gasteiger partial charge < -0.3 is 14.3 Å². The summed E-state index contributed by atoms with van der Waals surface area (Å²) in [6.45, 7) is 4.51. The molecule has 5 nitrogen and oxygen atoms in total. The molecule has 1 aromatic carbocycles. The molecule has 114 valence electrons. The maximum Gasteiger partial charge on any atom is 0.224 e. The van der Waals surface area contributed by atoms with E-state index in [2.05, 4.69) is 23.3 Å². The van der Waals surface area contributed by atoms with Crippen molar-refractivity contribution < 1.29 is 9.21 Å². The summed E-state index contributed by atoms with van der Waals surface area (Å²) >= 11 is 0. The molecule has 22 heavy (non-hydrogen) atoms. The molecule has 0 aliphatic carbocycles. The topological polar surface area (TPSA) is 60.1 Å². The summed E-state index contributed by atoms with van der Waals surface area (Å²) in [5, 5.41) is 3.90. The van der Waals surface area contributed by atoms with Gasteiger partial charge in [0, 0.05) is 30.4 Å². The van der Waals surface area contributed by atoms with Gasteiger partial charge in [0.15, 0.2) is 0 Å². The van der Waals surface area contributed by atoms with Gasteiger partial charge in [0.2, 0.25) is 5.91 Å². The van der Waals surface area contributed by atoms with Gasteiger partial charge in [0.05, 0.1) is 19.2 Å². The van der Waals surface area contributed by atoms with Crippen molar-refractivity contribution in [3.05, 3.63) is 53.3 Å². The monoisotopic (exact) mass is 297 g/mol. The number of aromatic nitrogens is 2. The number of nitrogens with zero attached hydrogens (tertiary/aromatic N) is 2. The number of nitrogens with one attached hydrogen (secondary N) is 1. The van der Waals surface area contributed by atoms with Gasteiger partial charge in [-0.3, -0.25) is 4.79 Å². The first-order valence-corrected chi connectivity index (χ1v) is 7.25. The van der Waals surface area contributed by atoms with Crippen LogP contribution < -0.4 is 5.32 Å². The molecule has 0 atom stereocenters. The second kappa shape index (κ2) is 5.67. The molecule has 0 unspecified atom stereocenters. The van der Waals surface area contributed by atoms with Crippen molar-refractivity contribution in [2.75, 3.05) is 0 Å². The minimum atomic E-state index is -0.0380. The molecule has 2 heterocycles. The average Bonchev–Trinajstić information content (AvgIpc) is 3.08. The maximum atomic E-state index is 12.1. The van der Waals surface area contributed by atoms with E-state index < -0.39 is 0 Å². The molecule has 0 fully saturated rings. The van der Waals surface area contributed by atoms with Crippen LogP contribution >= 0.6 is 0 Å². The van der Waals surface area contributed by atoms with Gasteiger partial charge in [-0.15, -0.1) is 0 Å². The van der Waals surface area contributed by atoms with E-state index in [0.717, 1.165) is 27.9 Å². The van der Waals surface area contributed by atoms with E-state index in [0.29, 0.717) is 13.0 Å². The van der Waals surface area contributed by atoms with Gasteiger partial charge in [-0.1, -0.05) is 12.1 Å². The molecule has 3 aromatic rings. The van der Waals surface area contributed by atoms with Crippen LogP contribution in [-0.2, 0) is 24.8 Å². The predicted molar refractivity (Wildman–Crippen MR) is 84.4 cm³/mol. The van der Waals surface area contributed by atoms with Gasteiger partial charge in [-0.05, 0) is 25.0 Å². The SMILES string of the molecule is Cc1ccc2c(CC(=O)NCc3nccn3C)coc2c1C. The second-order valence-electron chi connectivity index (χ2n) is 5.55. The molecule has 0 radical (unpaired) electrons. The van der Waals surface area contributed by atoms with Crippen molar-refractivity contribution >= 4 is 16.9 Å². The number of hydrogen-bond acceptors (Lipinski definition) is 3. The number of aryl methyl sites for hydroxylation is 3. The van der Waals surface area contributed by atoms with E-state index in [4.69, 9.17) is 4.42 Å². The Kier molecular flexibility index (Phi) is 3.71. The maximum absolute atomic E-state index is 12.1. The number of benzene rings is 1. The van der Waals surface area contributed by atoms with Crippen LogP contribution in [0.5, 0.6) is 0 Å². The molecule has 1 N–H and O–H groups in total. The Bertz CT molecular complexity index is 830. The second-order valence-corrected chi connectivity index (χ2v) is 5.55. The molecular formula is C17H19N3O2. The van der Waals surface area contributed by atoms with Crippen molar-refractivity contribution in [1.82, 2.24) is 14.9 Å². The van der Waals surface area contributed by atoms with E-state index in [1.165, 1.54) is 5.56 Å². The lowest BCUT2D eigenvalue weighted by atomic mass is 10.0. The third-order valence-electron chi connectivity index (χ3n) is 4.06. The number of amides is 1. The summed E-state index contributed by atoms with van der Waals surface area (Å²) in [7, 11) is 1.91. The van der Waals surface area contributed by atoms with E-state index in [1.807, 2.05) is 30.8 Å². The zero-order valence-electron chi connectivity index (χ0n) is 13.0. The van der Waals surface area contributed by atoms with Crippen LogP contribution in [-0.4, -0.2) is 15.5 Å². The Balaban J connectivity index is 1.72. The summed E-state index contributed by atoms with van der Waals surface area (Å²) in [5.41, 5.74) is 4.09. The largest absolute Gasteiger partial charge is 0.464 e. The highest BCUT2D eigenvalue weighted by Crippen LogP contribution is 2.26. The van der Waals surface area contributed by atoms with Crippen molar-refractivity contribution in [2.45, 2.75) is 26.8 Å². The molecule has 0 saturated carbocycles. The van der Waals surface area contributed by atoms with Gasteiger partial charge in [-0.25, -0.2) is 4.98 Å². The number of hydrogen-bond donors (Lipinski definition) is 1. The van der Waals surface area contributed by atoms with Crippen molar-refractivity contribution in [3.63, 3.8) is 0 Å². The lowest BCUT2D eigenvalue weighted by Gasteiger charge is -2.05. The third-order valence-corrected chi connectivity index (χ3v) is 4.06. The van der Waals surface area contributed by atoms with E-state index in [-0.39, 0.29) is 5.91 Å². The Morgan fingerprint density at radius 2 is 2.18 bits per heavy atom. The summed E-state index contributed by atoms with van der Waals surface area (Å²) < 4.78 is 7.52. The Morgan fingerprint density at radius 3 is 2.91 bits per heavy atom. The van der Waals surface area contributed by atoms with Crippen LogP contribution in [0.15, 0.2) is 35.2 Å². The Hall–Kier alpha value is -2.56. The first kappa shape index (κ1) is 14.4. The van der Waals surface area contributed by atoms with E-state index in [1.54, 1.807) is 12.5 Å². The summed E-state index contributed by atoms with van der Waals surface area (Å²) in [6.07, 6.45) is 5.56. The first-order chi connectivity index (χ1) is 10.6. The lowest BCUT2D eigenvalue weighted by Crippen LogP contribution is -2.25. The molecule has 0 spiro atoms. The van der Waals surface area contributed by atoms with Gasteiger partial charge >= 0.3 is 0 Å². The van der Waals surface area contributed by atoms with Crippen LogP contribution in [0.4, 0.5) is 0 Å². The fourth-order valence-electron chi connectivity index (χ4n) is 2.51. The highest BCUT2D eigenvalue weighted by Gasteiger charge is 2.13. The standard InChI is InChI=1S/C17H19N3O2/c1-11-4-5-14-13(10-22-17(14)12(11)2)8-16(21)19-9-15-18-6-7-20(15)3/h4-7,10H,8-9H2,1-3H3,(H,19,21). The Labute approximate surface area is 129 Å². The zero-order chi connectivity index (χ0) is 15.7. The highest BCUT2D eigenvalue weighted by molar-refractivity contribution is 5.89. The van der Waals surface area contributed by atoms with Gasteiger partial charge in [0.1, 0.15) is 11.4 Å². The molecule has 0 aliphatic heterocycles. The third kappa shape index (κ3) is 2.62. The fraction of sp³-hybridized carbons (Fsp3) is 0.294. The molecule has 1 amide bonds. The average molecular weight is 297 g/mol. The quantitative estimate of drug-likeness (QED) is 0.805. The smallest absolute Gasteiger partial charge is 0.224 e. The summed E-state index contributed by atoms with van der Waals surface area (Å²) in [4.78, 5) is 16.3. The number of carbonyl (C=O) groups is 1. The van der Waals surface area contributed by atoms with Crippen molar-refractivity contribution in [1.29, 1.82) is 0 Å². The van der Waals surface area contributed by atoms with Crippen LogP contribution in [0, 0.1) is 13.8 Å². The molecule has 0 bridgehead atoms. The number of rotatable bonds is 4. The molecule has 0 saturated heterocycles. The zero-order valence-corrected chi connectivity index (χ0v) is 13.0. The summed E-state index contributed by atoms with van der Waals surface area (Å²) in [6, 6.07) is 4.07. The number of carbonyl (C=O) groups excluding carboxylic acids is 1. The summed E-state index contributed by atoms with van der Waals surface area (Å²) in [5.74, 6) is 0.792. The van der Waals surface area contributed by atoms with Crippen molar-refractivity contribution in [2.24, 2.45) is 7.05 Å². The van der Waals surface area contributed by atoms with Gasteiger partial charge in [0.25, 0.3) is 0 Å². The van der Waals surface area contributed by atoms with Crippen LogP contribution in [0.2, 0.25) is 0 Å². The molecule has 3 rings (SSSR count). The molecule has 2 aromatic heterocycles. The highest BCUT2D eigenvalue weighted by atomic mass is 16.3.